The SMILES string of the molecule is c1ccc(C2=NC(c3cccc4oc5ccc6c7ccccc7n(-c7ccccc7)c6c5c34)N=C(c3ccc4sc5ccccc5c4c3)N2)cc1. The summed E-state index contributed by atoms with van der Waals surface area (Å²) >= 11 is 1.82. The summed E-state index contributed by atoms with van der Waals surface area (Å²) in [5.41, 5.74) is 8.06. The zero-order chi connectivity index (χ0) is 33.5. The van der Waals surface area contributed by atoms with E-state index < -0.39 is 6.17 Å². The number of amidine groups is 2. The molecule has 1 unspecified atom stereocenters. The fourth-order valence-corrected chi connectivity index (χ4v) is 8.88. The molecule has 0 aliphatic carbocycles. The molecule has 1 atom stereocenters. The molecule has 0 radical (unpaired) electrons. The summed E-state index contributed by atoms with van der Waals surface area (Å²) in [5, 5.41) is 10.6. The molecule has 240 valence electrons. The van der Waals surface area contributed by atoms with Crippen LogP contribution in [0.1, 0.15) is 22.9 Å². The normalized spacial score (nSPS) is 14.9. The van der Waals surface area contributed by atoms with E-state index in [1.54, 1.807) is 0 Å². The monoisotopic (exact) mass is 672 g/mol. The van der Waals surface area contributed by atoms with Crippen molar-refractivity contribution in [3.8, 4) is 5.69 Å². The van der Waals surface area contributed by atoms with Crippen molar-refractivity contribution in [3.63, 3.8) is 0 Å². The van der Waals surface area contributed by atoms with Gasteiger partial charge in [0, 0.05) is 58.7 Å². The fourth-order valence-electron chi connectivity index (χ4n) is 7.80. The number of fused-ring (bicyclic) bond motifs is 10. The quantitative estimate of drug-likeness (QED) is 0.202. The van der Waals surface area contributed by atoms with E-state index in [1.165, 1.54) is 30.9 Å². The third-order valence-electron chi connectivity index (χ3n) is 10.1. The van der Waals surface area contributed by atoms with Gasteiger partial charge in [-0.25, -0.2) is 9.98 Å². The summed E-state index contributed by atoms with van der Waals surface area (Å²) < 4.78 is 11.6. The lowest BCUT2D eigenvalue weighted by Gasteiger charge is -2.23. The molecule has 11 rings (SSSR count). The minimum atomic E-state index is -0.513. The standard InChI is InChI=1S/C45H28N4OS/c1-3-12-27(13-4-1)43-46-44(28-22-25-39-34(26-28)31-17-8-10-21-38(31)51-39)48-45(47-43)33-18-11-20-36-40(33)41-37(50-36)24-23-32-30-16-7-9-19-35(30)49(42(32)41)29-14-5-2-6-15-29/h1-26,45H,(H,46,47,48). The molecular weight excluding hydrogens is 645 g/mol. The van der Waals surface area contributed by atoms with Gasteiger partial charge in [0.15, 0.2) is 6.17 Å². The highest BCUT2D eigenvalue weighted by molar-refractivity contribution is 7.25. The van der Waals surface area contributed by atoms with Gasteiger partial charge in [0.25, 0.3) is 0 Å². The summed E-state index contributed by atoms with van der Waals surface area (Å²) in [4.78, 5) is 10.7. The van der Waals surface area contributed by atoms with Crippen molar-refractivity contribution in [2.75, 3.05) is 0 Å². The highest BCUT2D eigenvalue weighted by Gasteiger charge is 2.26. The number of rotatable bonds is 4. The minimum Gasteiger partial charge on any atom is -0.456 e. The molecule has 0 saturated carbocycles. The molecule has 0 bridgehead atoms. The summed E-state index contributed by atoms with van der Waals surface area (Å²) in [6, 6.07) is 55.4. The van der Waals surface area contributed by atoms with E-state index in [2.05, 4.69) is 149 Å². The van der Waals surface area contributed by atoms with Gasteiger partial charge in [0.05, 0.1) is 16.4 Å². The molecule has 7 aromatic carbocycles. The molecule has 3 aromatic heterocycles. The maximum Gasteiger partial charge on any atom is 0.170 e. The van der Waals surface area contributed by atoms with Gasteiger partial charge < -0.3 is 14.3 Å². The maximum atomic E-state index is 6.66. The lowest BCUT2D eigenvalue weighted by molar-refractivity contribution is 0.668. The molecule has 10 aromatic rings. The number of benzene rings is 7. The Morgan fingerprint density at radius 1 is 0.529 bits per heavy atom. The van der Waals surface area contributed by atoms with Crippen LogP contribution in [0.3, 0.4) is 0 Å². The Bertz CT molecular complexity index is 3060. The average molecular weight is 673 g/mol. The van der Waals surface area contributed by atoms with Crippen LogP contribution in [-0.2, 0) is 0 Å². The smallest absolute Gasteiger partial charge is 0.170 e. The molecule has 0 amide bonds. The number of hydrogen-bond acceptors (Lipinski definition) is 5. The van der Waals surface area contributed by atoms with Crippen molar-refractivity contribution in [2.24, 2.45) is 9.98 Å². The van der Waals surface area contributed by atoms with Gasteiger partial charge in [-0.05, 0) is 60.7 Å². The molecule has 1 aliphatic heterocycles. The number of thiophene rings is 1. The van der Waals surface area contributed by atoms with Crippen LogP contribution >= 0.6 is 11.3 Å². The van der Waals surface area contributed by atoms with Crippen LogP contribution in [0.25, 0.3) is 69.6 Å². The molecule has 1 N–H and O–H groups in total. The van der Waals surface area contributed by atoms with E-state index >= 15 is 0 Å². The van der Waals surface area contributed by atoms with Crippen molar-refractivity contribution in [2.45, 2.75) is 6.17 Å². The first kappa shape index (κ1) is 28.3. The van der Waals surface area contributed by atoms with E-state index in [0.717, 1.165) is 67.0 Å². The predicted molar refractivity (Wildman–Crippen MR) is 213 cm³/mol. The molecular formula is C45H28N4OS. The number of aliphatic imine (C=N–C) groups is 2. The highest BCUT2D eigenvalue weighted by Crippen LogP contribution is 2.44. The Morgan fingerprint density at radius 3 is 2.10 bits per heavy atom. The Labute approximate surface area is 296 Å². The molecule has 6 heteroatoms. The fraction of sp³-hybridized carbons (Fsp3) is 0.0222. The van der Waals surface area contributed by atoms with Gasteiger partial charge in [0.1, 0.15) is 22.8 Å². The van der Waals surface area contributed by atoms with E-state index in [4.69, 9.17) is 14.4 Å². The van der Waals surface area contributed by atoms with Gasteiger partial charge in [-0.1, -0.05) is 97.1 Å². The zero-order valence-corrected chi connectivity index (χ0v) is 28.1. The topological polar surface area (TPSA) is 54.8 Å². The first-order valence-electron chi connectivity index (χ1n) is 17.1. The Morgan fingerprint density at radius 2 is 1.24 bits per heavy atom. The maximum absolute atomic E-state index is 6.66. The predicted octanol–water partition coefficient (Wildman–Crippen LogP) is 11.5. The van der Waals surface area contributed by atoms with Crippen LogP contribution in [0.2, 0.25) is 0 Å². The lowest BCUT2D eigenvalue weighted by Crippen LogP contribution is -2.36. The van der Waals surface area contributed by atoms with Gasteiger partial charge in [-0.15, -0.1) is 11.3 Å². The van der Waals surface area contributed by atoms with Crippen LogP contribution in [0, 0.1) is 0 Å². The third kappa shape index (κ3) is 4.33. The molecule has 51 heavy (non-hydrogen) atoms. The number of aromatic nitrogens is 1. The van der Waals surface area contributed by atoms with Crippen molar-refractivity contribution >= 4 is 86.9 Å². The van der Waals surface area contributed by atoms with Crippen LogP contribution in [0.4, 0.5) is 0 Å². The van der Waals surface area contributed by atoms with Crippen LogP contribution in [0.15, 0.2) is 172 Å². The van der Waals surface area contributed by atoms with Crippen LogP contribution in [-0.4, -0.2) is 16.2 Å². The second kappa shape index (κ2) is 11.0. The third-order valence-corrected chi connectivity index (χ3v) is 11.2. The van der Waals surface area contributed by atoms with Gasteiger partial charge in [-0.3, -0.25) is 0 Å². The van der Waals surface area contributed by atoms with Crippen molar-refractivity contribution in [1.29, 1.82) is 0 Å². The summed E-state index contributed by atoms with van der Waals surface area (Å²) in [5.74, 6) is 1.58. The molecule has 0 fully saturated rings. The van der Waals surface area contributed by atoms with Crippen LogP contribution < -0.4 is 5.32 Å². The molecule has 0 spiro atoms. The van der Waals surface area contributed by atoms with Crippen molar-refractivity contribution in [1.82, 2.24) is 9.88 Å². The second-order valence-corrected chi connectivity index (χ2v) is 14.1. The lowest BCUT2D eigenvalue weighted by atomic mass is 10.0. The highest BCUT2D eigenvalue weighted by atomic mass is 32.1. The number of nitrogens with zero attached hydrogens (tertiary/aromatic N) is 3. The molecule has 5 nitrogen and oxygen atoms in total. The summed E-state index contributed by atoms with van der Waals surface area (Å²) in [6.45, 7) is 0. The van der Waals surface area contributed by atoms with Crippen molar-refractivity contribution in [3.05, 3.63) is 174 Å². The first-order chi connectivity index (χ1) is 25.3. The number of para-hydroxylation sites is 2. The molecule has 1 aliphatic rings. The Balaban J connectivity index is 1.19. The Hall–Kier alpha value is -6.50. The first-order valence-corrected chi connectivity index (χ1v) is 17.9. The molecule has 4 heterocycles. The average Bonchev–Trinajstić information content (AvgIpc) is 3.87. The van der Waals surface area contributed by atoms with E-state index in [0.29, 0.717) is 0 Å². The van der Waals surface area contributed by atoms with Gasteiger partial charge in [0.2, 0.25) is 0 Å². The second-order valence-electron chi connectivity index (χ2n) is 13.0. The van der Waals surface area contributed by atoms with Gasteiger partial charge >= 0.3 is 0 Å². The van der Waals surface area contributed by atoms with Crippen LogP contribution in [0.5, 0.6) is 0 Å². The Kier molecular flexibility index (Phi) is 6.12. The number of furan rings is 1. The van der Waals surface area contributed by atoms with E-state index in [-0.39, 0.29) is 0 Å². The van der Waals surface area contributed by atoms with Crippen molar-refractivity contribution < 1.29 is 4.42 Å². The van der Waals surface area contributed by atoms with Gasteiger partial charge in [-0.2, -0.15) is 0 Å². The minimum absolute atomic E-state index is 0.513. The van der Waals surface area contributed by atoms with E-state index in [9.17, 15) is 0 Å². The largest absolute Gasteiger partial charge is 0.456 e. The summed E-state index contributed by atoms with van der Waals surface area (Å²) in [6.07, 6.45) is -0.513. The molecule has 0 saturated heterocycles. The number of hydrogen-bond donors (Lipinski definition) is 1. The number of nitrogens with one attached hydrogen (secondary N) is 1. The van der Waals surface area contributed by atoms with E-state index in [1.807, 2.05) is 29.5 Å². The zero-order valence-electron chi connectivity index (χ0n) is 27.2. The summed E-state index contributed by atoms with van der Waals surface area (Å²) in [7, 11) is 0.